The lowest BCUT2D eigenvalue weighted by atomic mass is 10.1. The first-order valence-electron chi connectivity index (χ1n) is 10.8. The molecule has 0 atom stereocenters. The van der Waals surface area contributed by atoms with Crippen LogP contribution in [-0.2, 0) is 0 Å². The summed E-state index contributed by atoms with van der Waals surface area (Å²) in [6.45, 7) is 5.82. The molecule has 0 spiro atoms. The molecule has 1 amide bonds. The van der Waals surface area contributed by atoms with Crippen LogP contribution in [0.25, 0.3) is 17.1 Å². The molecule has 0 saturated carbocycles. The van der Waals surface area contributed by atoms with Gasteiger partial charge in [0.1, 0.15) is 0 Å². The summed E-state index contributed by atoms with van der Waals surface area (Å²) < 4.78 is 7.39. The zero-order chi connectivity index (χ0) is 25.1. The number of hydrogen-bond acceptors (Lipinski definition) is 6. The van der Waals surface area contributed by atoms with Gasteiger partial charge in [-0.15, -0.1) is 5.10 Å². The Hall–Kier alpha value is -4.24. The van der Waals surface area contributed by atoms with Crippen molar-refractivity contribution >= 4 is 28.9 Å². The zero-order valence-corrected chi connectivity index (χ0v) is 20.0. The molecule has 178 valence electrons. The van der Waals surface area contributed by atoms with Crippen molar-refractivity contribution in [1.29, 1.82) is 0 Å². The van der Waals surface area contributed by atoms with Crippen molar-refractivity contribution in [2.24, 2.45) is 0 Å². The molecule has 4 rings (SSSR count). The molecular formula is C25H22ClN5O4. The number of rotatable bonds is 7. The van der Waals surface area contributed by atoms with Crippen LogP contribution in [0.2, 0.25) is 5.02 Å². The number of hydrogen-bond donors (Lipinski definition) is 1. The van der Waals surface area contributed by atoms with E-state index in [1.54, 1.807) is 28.9 Å². The van der Waals surface area contributed by atoms with Crippen LogP contribution in [0.3, 0.4) is 0 Å². The van der Waals surface area contributed by atoms with Gasteiger partial charge in [-0.1, -0.05) is 41.4 Å². The number of nitro groups is 1. The fraction of sp³-hybridized carbons (Fsp3) is 0.160. The maximum Gasteiger partial charge on any atom is 0.336 e. The Labute approximate surface area is 206 Å². The minimum absolute atomic E-state index is 0.00337. The van der Waals surface area contributed by atoms with Gasteiger partial charge in [-0.3, -0.25) is 14.9 Å². The van der Waals surface area contributed by atoms with Gasteiger partial charge in [0.25, 0.3) is 11.6 Å². The number of carbonyl (C=O) groups excluding carboxylic acids is 1. The van der Waals surface area contributed by atoms with E-state index in [0.29, 0.717) is 11.5 Å². The highest BCUT2D eigenvalue weighted by Crippen LogP contribution is 2.26. The number of halogens is 1. The van der Waals surface area contributed by atoms with Crippen LogP contribution in [-0.4, -0.2) is 31.7 Å². The highest BCUT2D eigenvalue weighted by molar-refractivity contribution is 6.34. The monoisotopic (exact) mass is 491 g/mol. The smallest absolute Gasteiger partial charge is 0.336 e. The van der Waals surface area contributed by atoms with E-state index in [2.05, 4.69) is 15.4 Å². The van der Waals surface area contributed by atoms with Crippen LogP contribution < -0.4 is 10.1 Å². The molecule has 0 aliphatic rings. The quantitative estimate of drug-likeness (QED) is 0.256. The summed E-state index contributed by atoms with van der Waals surface area (Å²) in [4.78, 5) is 27.5. The van der Waals surface area contributed by atoms with Crippen LogP contribution in [0.4, 0.5) is 11.4 Å². The number of aryl methyl sites for hydroxylation is 1. The van der Waals surface area contributed by atoms with Crippen LogP contribution in [0.1, 0.15) is 29.8 Å². The third-order valence-electron chi connectivity index (χ3n) is 5.02. The average Bonchev–Trinajstić information content (AvgIpc) is 3.22. The molecule has 0 bridgehead atoms. The number of non-ortho nitro benzene ring substituents is 1. The first kappa shape index (κ1) is 23.9. The zero-order valence-electron chi connectivity index (χ0n) is 19.2. The van der Waals surface area contributed by atoms with Crippen LogP contribution in [0.15, 0.2) is 66.7 Å². The maximum atomic E-state index is 12.6. The van der Waals surface area contributed by atoms with Gasteiger partial charge in [-0.05, 0) is 51.1 Å². The Balaban J connectivity index is 1.60. The lowest BCUT2D eigenvalue weighted by molar-refractivity contribution is -0.384. The Morgan fingerprint density at radius 2 is 1.77 bits per heavy atom. The van der Waals surface area contributed by atoms with Gasteiger partial charge in [-0.2, -0.15) is 4.98 Å². The number of anilines is 1. The highest BCUT2D eigenvalue weighted by Gasteiger charge is 2.17. The van der Waals surface area contributed by atoms with Crippen molar-refractivity contribution in [2.45, 2.75) is 26.9 Å². The molecule has 0 fully saturated rings. The van der Waals surface area contributed by atoms with Gasteiger partial charge in [0.05, 0.1) is 27.3 Å². The molecule has 0 radical (unpaired) electrons. The maximum absolute atomic E-state index is 12.6. The lowest BCUT2D eigenvalue weighted by Gasteiger charge is -2.09. The van der Waals surface area contributed by atoms with Crippen LogP contribution in [0, 0.1) is 17.0 Å². The summed E-state index contributed by atoms with van der Waals surface area (Å²) in [5, 5.41) is 18.1. The molecule has 10 heteroatoms. The van der Waals surface area contributed by atoms with Crippen LogP contribution in [0.5, 0.6) is 6.01 Å². The van der Waals surface area contributed by atoms with Crippen molar-refractivity contribution in [3.63, 3.8) is 0 Å². The van der Waals surface area contributed by atoms with Gasteiger partial charge in [0.2, 0.25) is 0 Å². The Morgan fingerprint density at radius 1 is 1.09 bits per heavy atom. The average molecular weight is 492 g/mol. The SMILES string of the molecule is Cc1ccc(-c2nc(OC(C)C)nn2-c2ccc(NC(=O)c3ccc([N+](=O)[O-])cc3Cl)cc2)cc1. The number of nitro benzene ring substituents is 1. The van der Waals surface area contributed by atoms with Crippen LogP contribution >= 0.6 is 11.6 Å². The Morgan fingerprint density at radius 3 is 2.37 bits per heavy atom. The van der Waals surface area contributed by atoms with E-state index >= 15 is 0 Å². The summed E-state index contributed by atoms with van der Waals surface area (Å²) in [7, 11) is 0. The van der Waals surface area contributed by atoms with Gasteiger partial charge < -0.3 is 10.1 Å². The van der Waals surface area contributed by atoms with Gasteiger partial charge >= 0.3 is 6.01 Å². The summed E-state index contributed by atoms with van der Waals surface area (Å²) >= 11 is 6.07. The number of aromatic nitrogens is 3. The molecule has 0 aliphatic carbocycles. The number of amides is 1. The number of nitrogens with zero attached hydrogens (tertiary/aromatic N) is 4. The molecule has 3 aromatic carbocycles. The first-order chi connectivity index (χ1) is 16.7. The Kier molecular flexibility index (Phi) is 6.79. The van der Waals surface area contributed by atoms with Crippen molar-refractivity contribution in [3.8, 4) is 23.1 Å². The topological polar surface area (TPSA) is 112 Å². The molecule has 0 saturated heterocycles. The number of carbonyl (C=O) groups is 1. The first-order valence-corrected chi connectivity index (χ1v) is 11.2. The van der Waals surface area contributed by atoms with E-state index in [-0.39, 0.29) is 28.4 Å². The third kappa shape index (κ3) is 5.47. The molecule has 35 heavy (non-hydrogen) atoms. The van der Waals surface area contributed by atoms with Gasteiger partial charge in [0.15, 0.2) is 5.82 Å². The highest BCUT2D eigenvalue weighted by atomic mass is 35.5. The number of ether oxygens (including phenoxy) is 1. The van der Waals surface area contributed by atoms with Gasteiger partial charge in [-0.25, -0.2) is 4.68 Å². The molecule has 0 unspecified atom stereocenters. The molecular weight excluding hydrogens is 470 g/mol. The van der Waals surface area contributed by atoms with E-state index in [1.165, 1.54) is 12.1 Å². The predicted octanol–water partition coefficient (Wildman–Crippen LogP) is 5.84. The minimum Gasteiger partial charge on any atom is -0.460 e. The van der Waals surface area contributed by atoms with E-state index in [4.69, 9.17) is 16.3 Å². The molecule has 1 heterocycles. The minimum atomic E-state index is -0.571. The number of benzene rings is 3. The number of nitrogens with one attached hydrogen (secondary N) is 1. The van der Waals surface area contributed by atoms with Crippen molar-refractivity contribution in [3.05, 3.63) is 93.0 Å². The van der Waals surface area contributed by atoms with E-state index in [0.717, 1.165) is 22.9 Å². The van der Waals surface area contributed by atoms with Gasteiger partial charge in [0, 0.05) is 23.4 Å². The standard InChI is InChI=1S/C25H22ClN5O4/c1-15(2)35-25-28-23(17-6-4-16(3)5-7-17)30(29-25)19-10-8-18(9-11-19)27-24(32)21-13-12-20(31(33)34)14-22(21)26/h4-15H,1-3H3,(H,27,32). The van der Waals surface area contributed by atoms with Crippen molar-refractivity contribution in [1.82, 2.24) is 14.8 Å². The summed E-state index contributed by atoms with van der Waals surface area (Å²) in [6, 6.07) is 18.9. The fourth-order valence-corrected chi connectivity index (χ4v) is 3.57. The summed E-state index contributed by atoms with van der Waals surface area (Å²) in [5.74, 6) is 0.140. The largest absolute Gasteiger partial charge is 0.460 e. The normalized spacial score (nSPS) is 10.9. The molecule has 1 N–H and O–H groups in total. The second kappa shape index (κ2) is 9.94. The van der Waals surface area contributed by atoms with E-state index < -0.39 is 10.8 Å². The third-order valence-corrected chi connectivity index (χ3v) is 5.33. The molecule has 0 aliphatic heterocycles. The summed E-state index contributed by atoms with van der Waals surface area (Å²) in [6.07, 6.45) is -0.0828. The van der Waals surface area contributed by atoms with Crippen molar-refractivity contribution < 1.29 is 14.5 Å². The Bertz CT molecular complexity index is 1380. The second-order valence-electron chi connectivity index (χ2n) is 8.08. The van der Waals surface area contributed by atoms with E-state index in [9.17, 15) is 14.9 Å². The van der Waals surface area contributed by atoms with Crippen molar-refractivity contribution in [2.75, 3.05) is 5.32 Å². The lowest BCUT2D eigenvalue weighted by Crippen LogP contribution is -2.12. The molecule has 1 aromatic heterocycles. The molecule has 9 nitrogen and oxygen atoms in total. The summed E-state index contributed by atoms with van der Waals surface area (Å²) in [5.41, 5.74) is 3.20. The second-order valence-corrected chi connectivity index (χ2v) is 8.49. The van der Waals surface area contributed by atoms with E-state index in [1.807, 2.05) is 45.0 Å². The molecule has 4 aromatic rings. The fourth-order valence-electron chi connectivity index (χ4n) is 3.31. The predicted molar refractivity (Wildman–Crippen MR) is 133 cm³/mol.